The average Bonchev–Trinajstić information content (AvgIpc) is 2.39. The van der Waals surface area contributed by atoms with Gasteiger partial charge >= 0.3 is 0 Å². The van der Waals surface area contributed by atoms with Gasteiger partial charge in [-0.3, -0.25) is 4.79 Å². The van der Waals surface area contributed by atoms with Crippen LogP contribution in [-0.4, -0.2) is 5.91 Å². The third kappa shape index (κ3) is 1.82. The predicted molar refractivity (Wildman–Crippen MR) is 63.7 cm³/mol. The van der Waals surface area contributed by atoms with Gasteiger partial charge in [0.2, 0.25) is 0 Å². The van der Waals surface area contributed by atoms with Crippen molar-refractivity contribution in [3.05, 3.63) is 65.5 Å². The highest BCUT2D eigenvalue weighted by Gasteiger charge is 2.26. The van der Waals surface area contributed by atoms with E-state index >= 15 is 0 Å². The van der Waals surface area contributed by atoms with Crippen LogP contribution in [0.5, 0.6) is 5.75 Å². The first-order chi connectivity index (χ1) is 8.74. The first-order valence-corrected chi connectivity index (χ1v) is 5.56. The van der Waals surface area contributed by atoms with Crippen LogP contribution in [0.1, 0.15) is 22.1 Å². The second-order valence-corrected chi connectivity index (χ2v) is 4.02. The molecule has 0 spiro atoms. The quantitative estimate of drug-likeness (QED) is 0.836. The molecule has 1 atom stereocenters. The van der Waals surface area contributed by atoms with E-state index in [1.165, 1.54) is 12.1 Å². The van der Waals surface area contributed by atoms with E-state index in [1.54, 1.807) is 36.4 Å². The van der Waals surface area contributed by atoms with Crippen LogP contribution in [0.2, 0.25) is 0 Å². The van der Waals surface area contributed by atoms with Crippen LogP contribution in [0.4, 0.5) is 4.39 Å². The summed E-state index contributed by atoms with van der Waals surface area (Å²) in [5, 5.41) is 2.69. The van der Waals surface area contributed by atoms with Crippen molar-refractivity contribution in [2.75, 3.05) is 0 Å². The molecule has 1 N–H and O–H groups in total. The molecular weight excluding hydrogens is 233 g/mol. The van der Waals surface area contributed by atoms with Crippen LogP contribution < -0.4 is 10.1 Å². The summed E-state index contributed by atoms with van der Waals surface area (Å²) in [5.41, 5.74) is 1.07. The summed E-state index contributed by atoms with van der Waals surface area (Å²) in [4.78, 5) is 11.9. The molecule has 90 valence electrons. The molecule has 1 amide bonds. The van der Waals surface area contributed by atoms with E-state index in [9.17, 15) is 9.18 Å². The second kappa shape index (κ2) is 4.14. The van der Waals surface area contributed by atoms with Crippen LogP contribution in [-0.2, 0) is 0 Å². The monoisotopic (exact) mass is 243 g/mol. The zero-order valence-electron chi connectivity index (χ0n) is 9.39. The van der Waals surface area contributed by atoms with E-state index in [-0.39, 0.29) is 11.7 Å². The van der Waals surface area contributed by atoms with E-state index < -0.39 is 6.23 Å². The Morgan fingerprint density at radius 2 is 1.94 bits per heavy atom. The lowest BCUT2D eigenvalue weighted by Crippen LogP contribution is -2.36. The molecule has 1 aliphatic rings. The summed E-state index contributed by atoms with van der Waals surface area (Å²) >= 11 is 0. The zero-order valence-corrected chi connectivity index (χ0v) is 9.39. The number of hydrogen-bond acceptors (Lipinski definition) is 2. The lowest BCUT2D eigenvalue weighted by molar-refractivity contribution is 0.0755. The molecule has 3 nitrogen and oxygen atoms in total. The highest BCUT2D eigenvalue weighted by atomic mass is 19.1. The van der Waals surface area contributed by atoms with E-state index in [0.717, 1.165) is 0 Å². The first-order valence-electron chi connectivity index (χ1n) is 5.56. The topological polar surface area (TPSA) is 38.3 Å². The molecule has 0 aromatic heterocycles. The van der Waals surface area contributed by atoms with Gasteiger partial charge in [0.1, 0.15) is 11.6 Å². The van der Waals surface area contributed by atoms with Gasteiger partial charge in [-0.2, -0.15) is 0 Å². The van der Waals surface area contributed by atoms with Gasteiger partial charge in [-0.15, -0.1) is 0 Å². The number of hydrogen-bond donors (Lipinski definition) is 1. The highest BCUT2D eigenvalue weighted by Crippen LogP contribution is 2.28. The Labute approximate surface area is 103 Å². The van der Waals surface area contributed by atoms with Gasteiger partial charge in [-0.05, 0) is 24.3 Å². The van der Waals surface area contributed by atoms with Gasteiger partial charge in [0.25, 0.3) is 5.91 Å². The van der Waals surface area contributed by atoms with E-state index in [1.807, 2.05) is 0 Å². The molecule has 0 bridgehead atoms. The Hall–Kier alpha value is -2.36. The molecule has 18 heavy (non-hydrogen) atoms. The summed E-state index contributed by atoms with van der Waals surface area (Å²) in [7, 11) is 0. The standard InChI is InChI=1S/C14H10FNO2/c15-10-5-3-4-9(8-10)14-16-13(17)11-6-1-2-7-12(11)18-14/h1-8,14H,(H,16,17). The maximum absolute atomic E-state index is 13.1. The van der Waals surface area contributed by atoms with Gasteiger partial charge in [0.15, 0.2) is 6.23 Å². The van der Waals surface area contributed by atoms with Crippen LogP contribution in [0, 0.1) is 5.82 Å². The number of amides is 1. The summed E-state index contributed by atoms with van der Waals surface area (Å²) < 4.78 is 18.8. The minimum absolute atomic E-state index is 0.217. The number of para-hydroxylation sites is 1. The molecule has 0 saturated heterocycles. The molecule has 2 aromatic rings. The van der Waals surface area contributed by atoms with E-state index in [2.05, 4.69) is 5.32 Å². The van der Waals surface area contributed by atoms with Crippen LogP contribution >= 0.6 is 0 Å². The van der Waals surface area contributed by atoms with E-state index in [4.69, 9.17) is 4.74 Å². The van der Waals surface area contributed by atoms with Crippen LogP contribution in [0.15, 0.2) is 48.5 Å². The number of halogens is 1. The molecule has 4 heteroatoms. The Balaban J connectivity index is 1.97. The Morgan fingerprint density at radius 3 is 2.78 bits per heavy atom. The van der Waals surface area contributed by atoms with Crippen molar-refractivity contribution in [2.45, 2.75) is 6.23 Å². The van der Waals surface area contributed by atoms with Gasteiger partial charge < -0.3 is 10.1 Å². The number of fused-ring (bicyclic) bond motifs is 1. The lowest BCUT2D eigenvalue weighted by Gasteiger charge is -2.26. The minimum Gasteiger partial charge on any atom is -0.466 e. The predicted octanol–water partition coefficient (Wildman–Crippen LogP) is 2.65. The summed E-state index contributed by atoms with van der Waals surface area (Å²) in [6.07, 6.45) is -0.650. The summed E-state index contributed by atoms with van der Waals surface area (Å²) in [6, 6.07) is 13.0. The molecule has 0 saturated carbocycles. The smallest absolute Gasteiger partial charge is 0.258 e. The van der Waals surface area contributed by atoms with Crippen molar-refractivity contribution in [1.82, 2.24) is 5.32 Å². The van der Waals surface area contributed by atoms with E-state index in [0.29, 0.717) is 16.9 Å². The molecule has 2 aromatic carbocycles. The average molecular weight is 243 g/mol. The van der Waals surface area contributed by atoms with Gasteiger partial charge in [-0.1, -0.05) is 24.3 Å². The van der Waals surface area contributed by atoms with Crippen LogP contribution in [0.3, 0.4) is 0 Å². The Bertz CT molecular complexity index is 612. The van der Waals surface area contributed by atoms with Crippen molar-refractivity contribution in [3.63, 3.8) is 0 Å². The maximum atomic E-state index is 13.1. The molecular formula is C14H10FNO2. The van der Waals surface area contributed by atoms with Crippen LogP contribution in [0.25, 0.3) is 0 Å². The molecule has 1 unspecified atom stereocenters. The molecule has 1 aliphatic heterocycles. The zero-order chi connectivity index (χ0) is 12.5. The van der Waals surface area contributed by atoms with Crippen molar-refractivity contribution < 1.29 is 13.9 Å². The Kier molecular flexibility index (Phi) is 2.48. The fourth-order valence-corrected chi connectivity index (χ4v) is 1.93. The number of carbonyl (C=O) groups excluding carboxylic acids is 1. The molecule has 0 radical (unpaired) electrons. The fourth-order valence-electron chi connectivity index (χ4n) is 1.93. The first kappa shape index (κ1) is 10.8. The number of ether oxygens (including phenoxy) is 1. The number of carbonyl (C=O) groups is 1. The Morgan fingerprint density at radius 1 is 1.11 bits per heavy atom. The largest absolute Gasteiger partial charge is 0.466 e. The number of nitrogens with one attached hydrogen (secondary N) is 1. The molecule has 3 rings (SSSR count). The van der Waals surface area contributed by atoms with Gasteiger partial charge in [0.05, 0.1) is 5.56 Å². The minimum atomic E-state index is -0.650. The third-order valence-electron chi connectivity index (χ3n) is 2.79. The summed E-state index contributed by atoms with van der Waals surface area (Å²) in [6.45, 7) is 0. The molecule has 1 heterocycles. The van der Waals surface area contributed by atoms with Crippen molar-refractivity contribution in [1.29, 1.82) is 0 Å². The number of benzene rings is 2. The normalized spacial score (nSPS) is 17.6. The fraction of sp³-hybridized carbons (Fsp3) is 0.0714. The summed E-state index contributed by atoms with van der Waals surface area (Å²) in [5.74, 6) is -0.0640. The second-order valence-electron chi connectivity index (χ2n) is 4.02. The van der Waals surface area contributed by atoms with Crippen molar-refractivity contribution in [2.24, 2.45) is 0 Å². The van der Waals surface area contributed by atoms with Gasteiger partial charge in [0, 0.05) is 5.56 Å². The molecule has 0 fully saturated rings. The van der Waals surface area contributed by atoms with Gasteiger partial charge in [-0.25, -0.2) is 4.39 Å². The number of rotatable bonds is 1. The maximum Gasteiger partial charge on any atom is 0.258 e. The molecule has 0 aliphatic carbocycles. The third-order valence-corrected chi connectivity index (χ3v) is 2.79. The van der Waals surface area contributed by atoms with Crippen molar-refractivity contribution >= 4 is 5.91 Å². The highest BCUT2D eigenvalue weighted by molar-refractivity contribution is 5.97. The SMILES string of the molecule is O=C1NC(c2cccc(F)c2)Oc2ccccc21. The van der Waals surface area contributed by atoms with Crippen molar-refractivity contribution in [3.8, 4) is 5.75 Å². The lowest BCUT2D eigenvalue weighted by atomic mass is 10.1.